The molecule has 2 aromatic rings. The van der Waals surface area contributed by atoms with Crippen molar-refractivity contribution in [3.8, 4) is 6.07 Å². The maximum atomic E-state index is 10.9. The van der Waals surface area contributed by atoms with E-state index in [4.69, 9.17) is 5.26 Å². The van der Waals surface area contributed by atoms with Crippen LogP contribution < -0.4 is 5.32 Å². The number of nitro groups is 1. The van der Waals surface area contributed by atoms with Crippen LogP contribution in [0.2, 0.25) is 0 Å². The fraction of sp³-hybridized carbons (Fsp3) is 0.250. The van der Waals surface area contributed by atoms with Gasteiger partial charge in [0.25, 0.3) is 5.69 Å². The Morgan fingerprint density at radius 2 is 2.35 bits per heavy atom. The van der Waals surface area contributed by atoms with Gasteiger partial charge in [-0.25, -0.2) is 4.98 Å². The molecule has 0 radical (unpaired) electrons. The van der Waals surface area contributed by atoms with Gasteiger partial charge in [-0.15, -0.1) is 0 Å². The summed E-state index contributed by atoms with van der Waals surface area (Å²) in [6.07, 6.45) is 2.13. The smallest absolute Gasteiger partial charge is 0.292 e. The van der Waals surface area contributed by atoms with E-state index in [1.165, 1.54) is 18.2 Å². The van der Waals surface area contributed by atoms with E-state index in [1.54, 1.807) is 18.1 Å². The average Bonchev–Trinajstić information content (AvgIpc) is 2.84. The van der Waals surface area contributed by atoms with Crippen LogP contribution in [0.4, 0.5) is 11.4 Å². The number of nitro benzene ring substituents is 1. The molecule has 0 amide bonds. The zero-order valence-corrected chi connectivity index (χ0v) is 10.8. The first-order chi connectivity index (χ1) is 9.60. The quantitative estimate of drug-likeness (QED) is 0.648. The third kappa shape index (κ3) is 3.08. The highest BCUT2D eigenvalue weighted by Gasteiger charge is 2.14. The van der Waals surface area contributed by atoms with Crippen molar-refractivity contribution in [2.24, 2.45) is 7.05 Å². The minimum Gasteiger partial charge on any atom is -0.379 e. The van der Waals surface area contributed by atoms with E-state index in [1.807, 2.05) is 6.07 Å². The van der Waals surface area contributed by atoms with E-state index < -0.39 is 4.92 Å². The number of hydrogen-bond acceptors (Lipinski definition) is 6. The summed E-state index contributed by atoms with van der Waals surface area (Å²) in [4.78, 5) is 14.5. The summed E-state index contributed by atoms with van der Waals surface area (Å²) in [5, 5.41) is 26.8. The standard InChI is InChI=1S/C12H12N6O2/c1-17-8-15-12(16-17)4-5-14-10-6-9(7-13)2-3-11(10)18(19)20/h2-3,6,8,14H,4-5H2,1H3. The second-order valence-corrected chi connectivity index (χ2v) is 4.11. The predicted octanol–water partition coefficient (Wildman–Crippen LogP) is 1.25. The molecule has 8 heteroatoms. The van der Waals surface area contributed by atoms with Crippen LogP contribution in [0.3, 0.4) is 0 Å². The fourth-order valence-corrected chi connectivity index (χ4v) is 1.71. The third-order valence-corrected chi connectivity index (χ3v) is 2.63. The van der Waals surface area contributed by atoms with Crippen LogP contribution in [0.15, 0.2) is 24.5 Å². The summed E-state index contributed by atoms with van der Waals surface area (Å²) in [7, 11) is 1.77. The van der Waals surface area contributed by atoms with Crippen molar-refractivity contribution >= 4 is 11.4 Å². The predicted molar refractivity (Wildman–Crippen MR) is 71.0 cm³/mol. The molecule has 0 aliphatic rings. The number of anilines is 1. The van der Waals surface area contributed by atoms with Gasteiger partial charge in [0.2, 0.25) is 0 Å². The molecule has 1 N–H and O–H groups in total. The molecule has 102 valence electrons. The molecule has 1 aromatic heterocycles. The van der Waals surface area contributed by atoms with Crippen molar-refractivity contribution in [1.82, 2.24) is 14.8 Å². The molecule has 0 aliphatic heterocycles. The minimum atomic E-state index is -0.484. The molecule has 0 bridgehead atoms. The zero-order chi connectivity index (χ0) is 14.5. The van der Waals surface area contributed by atoms with Gasteiger partial charge in [0.05, 0.1) is 16.6 Å². The number of nitrogens with zero attached hydrogens (tertiary/aromatic N) is 5. The Bertz CT molecular complexity index is 673. The lowest BCUT2D eigenvalue weighted by atomic mass is 10.2. The van der Waals surface area contributed by atoms with Gasteiger partial charge in [0.1, 0.15) is 12.0 Å². The van der Waals surface area contributed by atoms with E-state index in [2.05, 4.69) is 15.4 Å². The maximum absolute atomic E-state index is 10.9. The van der Waals surface area contributed by atoms with Gasteiger partial charge < -0.3 is 5.32 Å². The van der Waals surface area contributed by atoms with Crippen molar-refractivity contribution in [1.29, 1.82) is 5.26 Å². The number of benzene rings is 1. The lowest BCUT2D eigenvalue weighted by Gasteiger charge is -2.06. The molecule has 0 saturated carbocycles. The van der Waals surface area contributed by atoms with E-state index in [0.29, 0.717) is 30.0 Å². The van der Waals surface area contributed by atoms with Gasteiger partial charge in [0, 0.05) is 26.1 Å². The molecule has 2 rings (SSSR count). The largest absolute Gasteiger partial charge is 0.379 e. The van der Waals surface area contributed by atoms with Crippen LogP contribution in [-0.4, -0.2) is 26.2 Å². The molecular formula is C12H12N6O2. The molecule has 0 aliphatic carbocycles. The first kappa shape index (κ1) is 13.5. The first-order valence-electron chi connectivity index (χ1n) is 5.87. The summed E-state index contributed by atoms with van der Waals surface area (Å²) in [6.45, 7) is 0.444. The van der Waals surface area contributed by atoms with Gasteiger partial charge in [0.15, 0.2) is 5.82 Å². The Morgan fingerprint density at radius 1 is 1.55 bits per heavy atom. The monoisotopic (exact) mass is 272 g/mol. The lowest BCUT2D eigenvalue weighted by molar-refractivity contribution is -0.384. The average molecular weight is 272 g/mol. The highest BCUT2D eigenvalue weighted by molar-refractivity contribution is 5.64. The van der Waals surface area contributed by atoms with Crippen LogP contribution >= 0.6 is 0 Å². The molecule has 20 heavy (non-hydrogen) atoms. The SMILES string of the molecule is Cn1cnc(CCNc2cc(C#N)ccc2[N+](=O)[O-])n1. The summed E-state index contributed by atoms with van der Waals surface area (Å²) < 4.78 is 1.59. The molecule has 8 nitrogen and oxygen atoms in total. The third-order valence-electron chi connectivity index (χ3n) is 2.63. The number of rotatable bonds is 5. The summed E-state index contributed by atoms with van der Waals surface area (Å²) in [5.41, 5.74) is 0.636. The highest BCUT2D eigenvalue weighted by Crippen LogP contribution is 2.25. The Hall–Kier alpha value is -2.95. The van der Waals surface area contributed by atoms with Crippen LogP contribution in [0, 0.1) is 21.4 Å². The number of nitrogens with one attached hydrogen (secondary N) is 1. The Balaban J connectivity index is 2.07. The topological polar surface area (TPSA) is 110 Å². The second-order valence-electron chi connectivity index (χ2n) is 4.11. The van der Waals surface area contributed by atoms with Gasteiger partial charge in [-0.2, -0.15) is 10.4 Å². The van der Waals surface area contributed by atoms with Gasteiger partial charge >= 0.3 is 0 Å². The van der Waals surface area contributed by atoms with Crippen LogP contribution in [0.1, 0.15) is 11.4 Å². The van der Waals surface area contributed by atoms with Crippen LogP contribution in [-0.2, 0) is 13.5 Å². The molecule has 0 saturated heterocycles. The number of aromatic nitrogens is 3. The molecule has 0 fully saturated rings. The van der Waals surface area contributed by atoms with E-state index >= 15 is 0 Å². The molecular weight excluding hydrogens is 260 g/mol. The van der Waals surface area contributed by atoms with Crippen LogP contribution in [0.5, 0.6) is 0 Å². The number of hydrogen-bond donors (Lipinski definition) is 1. The van der Waals surface area contributed by atoms with Gasteiger partial charge in [-0.3, -0.25) is 14.8 Å². The summed E-state index contributed by atoms with van der Waals surface area (Å²) in [6, 6.07) is 6.16. The van der Waals surface area contributed by atoms with Crippen molar-refractivity contribution < 1.29 is 4.92 Å². The van der Waals surface area contributed by atoms with E-state index in [0.717, 1.165) is 0 Å². The summed E-state index contributed by atoms with van der Waals surface area (Å²) in [5.74, 6) is 0.652. The molecule has 0 spiro atoms. The van der Waals surface area contributed by atoms with Crippen LogP contribution in [0.25, 0.3) is 0 Å². The van der Waals surface area contributed by atoms with Gasteiger partial charge in [-0.05, 0) is 12.1 Å². The van der Waals surface area contributed by atoms with E-state index in [-0.39, 0.29) is 5.69 Å². The minimum absolute atomic E-state index is 0.0574. The zero-order valence-electron chi connectivity index (χ0n) is 10.8. The molecule has 1 aromatic carbocycles. The number of nitriles is 1. The Kier molecular flexibility index (Phi) is 3.91. The Labute approximate surface area is 114 Å². The molecule has 0 unspecified atom stereocenters. The lowest BCUT2D eigenvalue weighted by Crippen LogP contribution is -2.08. The fourth-order valence-electron chi connectivity index (χ4n) is 1.71. The molecule has 1 heterocycles. The molecule has 0 atom stereocenters. The highest BCUT2D eigenvalue weighted by atomic mass is 16.6. The number of aryl methyl sites for hydroxylation is 1. The van der Waals surface area contributed by atoms with Gasteiger partial charge in [-0.1, -0.05) is 0 Å². The van der Waals surface area contributed by atoms with Crippen molar-refractivity contribution in [3.63, 3.8) is 0 Å². The second kappa shape index (κ2) is 5.79. The Morgan fingerprint density at radius 3 is 2.95 bits per heavy atom. The van der Waals surface area contributed by atoms with Crippen molar-refractivity contribution in [2.45, 2.75) is 6.42 Å². The summed E-state index contributed by atoms with van der Waals surface area (Å²) >= 11 is 0. The van der Waals surface area contributed by atoms with E-state index in [9.17, 15) is 10.1 Å². The normalized spacial score (nSPS) is 10.0. The van der Waals surface area contributed by atoms with Crippen molar-refractivity contribution in [2.75, 3.05) is 11.9 Å². The van der Waals surface area contributed by atoms with Crippen molar-refractivity contribution in [3.05, 3.63) is 46.0 Å². The first-order valence-corrected chi connectivity index (χ1v) is 5.87. The maximum Gasteiger partial charge on any atom is 0.292 e.